The van der Waals surface area contributed by atoms with Crippen LogP contribution in [-0.2, 0) is 17.9 Å². The van der Waals surface area contributed by atoms with Gasteiger partial charge < -0.3 is 15.1 Å². The van der Waals surface area contributed by atoms with Gasteiger partial charge in [0, 0.05) is 57.4 Å². The van der Waals surface area contributed by atoms with Crippen molar-refractivity contribution >= 4 is 11.6 Å². The van der Waals surface area contributed by atoms with Gasteiger partial charge in [-0.15, -0.1) is 0 Å². The van der Waals surface area contributed by atoms with E-state index in [1.807, 2.05) is 47.4 Å². The highest BCUT2D eigenvalue weighted by molar-refractivity contribution is 5.82. The van der Waals surface area contributed by atoms with Crippen molar-refractivity contribution in [1.82, 2.24) is 15.1 Å². The zero-order chi connectivity index (χ0) is 26.5. The second-order valence-corrected chi connectivity index (χ2v) is 9.90. The van der Waals surface area contributed by atoms with Crippen LogP contribution in [0.2, 0.25) is 0 Å². The molecule has 38 heavy (non-hydrogen) atoms. The fourth-order valence-corrected chi connectivity index (χ4v) is 5.46. The summed E-state index contributed by atoms with van der Waals surface area (Å²) in [4.78, 5) is 20.0. The number of rotatable bonds is 7. The second kappa shape index (κ2) is 11.7. The number of likely N-dealkylation sites (tertiary alicyclic amines) is 1. The fourth-order valence-electron chi connectivity index (χ4n) is 5.46. The molecule has 6 nitrogen and oxygen atoms in total. The van der Waals surface area contributed by atoms with Crippen LogP contribution in [0.25, 0.3) is 0 Å². The summed E-state index contributed by atoms with van der Waals surface area (Å²) in [6.07, 6.45) is 0.597. The molecule has 8 heteroatoms. The molecule has 0 bridgehead atoms. The van der Waals surface area contributed by atoms with Crippen molar-refractivity contribution in [2.45, 2.75) is 31.6 Å². The minimum absolute atomic E-state index is 0.0286. The van der Waals surface area contributed by atoms with E-state index in [0.29, 0.717) is 51.3 Å². The maximum Gasteiger partial charge on any atom is 0.240 e. The normalized spacial score (nSPS) is 19.9. The first-order valence-electron chi connectivity index (χ1n) is 13.0. The number of benzene rings is 3. The van der Waals surface area contributed by atoms with E-state index < -0.39 is 11.6 Å². The molecule has 2 fully saturated rings. The Morgan fingerprint density at radius 3 is 2.45 bits per heavy atom. The molecule has 2 atom stereocenters. The summed E-state index contributed by atoms with van der Waals surface area (Å²) >= 11 is 0. The van der Waals surface area contributed by atoms with Crippen molar-refractivity contribution in [3.05, 3.63) is 101 Å². The Bertz CT molecular complexity index is 1300. The molecule has 2 aliphatic heterocycles. The van der Waals surface area contributed by atoms with Crippen molar-refractivity contribution in [3.8, 4) is 6.07 Å². The quantitative estimate of drug-likeness (QED) is 0.517. The molecule has 0 saturated carbocycles. The molecule has 0 spiro atoms. The molecule has 3 aromatic carbocycles. The summed E-state index contributed by atoms with van der Waals surface area (Å²) in [5.74, 6) is -1.59. The minimum Gasteiger partial charge on any atom is -0.367 e. The van der Waals surface area contributed by atoms with Gasteiger partial charge in [-0.2, -0.15) is 5.26 Å². The predicted octanol–water partition coefficient (Wildman–Crippen LogP) is 3.92. The lowest BCUT2D eigenvalue weighted by Gasteiger charge is -2.38. The molecule has 1 N–H and O–H groups in total. The van der Waals surface area contributed by atoms with Crippen molar-refractivity contribution in [3.63, 3.8) is 0 Å². The highest BCUT2D eigenvalue weighted by atomic mass is 19.2. The van der Waals surface area contributed by atoms with Crippen molar-refractivity contribution < 1.29 is 13.6 Å². The first kappa shape index (κ1) is 25.8. The van der Waals surface area contributed by atoms with E-state index in [2.05, 4.69) is 33.3 Å². The third-order valence-electron chi connectivity index (χ3n) is 7.49. The molecule has 196 valence electrons. The van der Waals surface area contributed by atoms with Crippen LogP contribution in [0.15, 0.2) is 72.8 Å². The van der Waals surface area contributed by atoms with E-state index in [1.165, 1.54) is 6.07 Å². The number of carbonyl (C=O) groups is 1. The lowest BCUT2D eigenvalue weighted by Crippen LogP contribution is -2.53. The maximum absolute atomic E-state index is 14.2. The molecule has 0 aliphatic carbocycles. The van der Waals surface area contributed by atoms with Crippen LogP contribution in [-0.4, -0.2) is 60.5 Å². The van der Waals surface area contributed by atoms with Gasteiger partial charge in [0.05, 0.1) is 17.3 Å². The summed E-state index contributed by atoms with van der Waals surface area (Å²) in [5, 5.41) is 12.8. The summed E-state index contributed by atoms with van der Waals surface area (Å²) in [7, 11) is 0. The number of anilines is 1. The van der Waals surface area contributed by atoms with E-state index in [9.17, 15) is 18.8 Å². The van der Waals surface area contributed by atoms with Gasteiger partial charge in [0.2, 0.25) is 5.91 Å². The van der Waals surface area contributed by atoms with Gasteiger partial charge in [0.25, 0.3) is 0 Å². The maximum atomic E-state index is 14.2. The summed E-state index contributed by atoms with van der Waals surface area (Å²) in [6.45, 7) is 3.97. The molecular formula is C30H31F2N5O. The Hall–Kier alpha value is -3.80. The van der Waals surface area contributed by atoms with Gasteiger partial charge in [-0.1, -0.05) is 54.6 Å². The van der Waals surface area contributed by atoms with Crippen molar-refractivity contribution in [2.75, 3.05) is 37.6 Å². The van der Waals surface area contributed by atoms with E-state index in [4.69, 9.17) is 0 Å². The molecule has 1 amide bonds. The first-order chi connectivity index (χ1) is 18.5. The minimum atomic E-state index is -0.856. The van der Waals surface area contributed by atoms with E-state index >= 15 is 0 Å². The average molecular weight is 516 g/mol. The van der Waals surface area contributed by atoms with Crippen LogP contribution in [0.4, 0.5) is 14.5 Å². The Balaban J connectivity index is 1.26. The highest BCUT2D eigenvalue weighted by Crippen LogP contribution is 2.26. The van der Waals surface area contributed by atoms with Gasteiger partial charge in [-0.05, 0) is 30.2 Å². The zero-order valence-electron chi connectivity index (χ0n) is 21.2. The standard InChI is InChI=1S/C30H31F2N5O/c31-26-11-6-10-24(29(26)32)19-34-25-17-28(37(21-25)20-22-7-2-1-3-8-22)30(38)36-15-13-35(14-16-36)27-12-5-4-9-23(27)18-33/h1-12,25,28,34H,13-17,19-21H2/t25-,28-/m0/s1. The van der Waals surface area contributed by atoms with Crippen LogP contribution < -0.4 is 10.2 Å². The van der Waals surface area contributed by atoms with Crippen LogP contribution in [0, 0.1) is 23.0 Å². The summed E-state index contributed by atoms with van der Waals surface area (Å²) < 4.78 is 27.8. The predicted molar refractivity (Wildman–Crippen MR) is 142 cm³/mol. The molecule has 0 radical (unpaired) electrons. The lowest BCUT2D eigenvalue weighted by molar-refractivity contribution is -0.136. The molecule has 0 aromatic heterocycles. The van der Waals surface area contributed by atoms with Gasteiger partial charge in [-0.25, -0.2) is 8.78 Å². The number of amides is 1. The largest absolute Gasteiger partial charge is 0.367 e. The SMILES string of the molecule is N#Cc1ccccc1N1CCN(C(=O)[C@@H]2C[C@H](NCc3cccc(F)c3F)CN2Cc2ccccc2)CC1. The zero-order valence-corrected chi connectivity index (χ0v) is 21.2. The summed E-state index contributed by atoms with van der Waals surface area (Å²) in [6, 6.07) is 23.7. The van der Waals surface area contributed by atoms with E-state index in [1.54, 1.807) is 6.07 Å². The molecule has 2 heterocycles. The smallest absolute Gasteiger partial charge is 0.240 e. The average Bonchev–Trinajstić information content (AvgIpc) is 3.36. The van der Waals surface area contributed by atoms with Gasteiger partial charge >= 0.3 is 0 Å². The number of halogens is 2. The molecule has 5 rings (SSSR count). The number of piperazine rings is 1. The van der Waals surface area contributed by atoms with E-state index in [-0.39, 0.29) is 30.1 Å². The second-order valence-electron chi connectivity index (χ2n) is 9.90. The van der Waals surface area contributed by atoms with E-state index in [0.717, 1.165) is 17.3 Å². The summed E-state index contributed by atoms with van der Waals surface area (Å²) in [5.41, 5.74) is 2.95. The van der Waals surface area contributed by atoms with Crippen LogP contribution in [0.5, 0.6) is 0 Å². The van der Waals surface area contributed by atoms with Crippen LogP contribution in [0.3, 0.4) is 0 Å². The van der Waals surface area contributed by atoms with Gasteiger partial charge in [-0.3, -0.25) is 9.69 Å². The number of para-hydroxylation sites is 1. The van der Waals surface area contributed by atoms with Crippen LogP contribution >= 0.6 is 0 Å². The molecule has 2 saturated heterocycles. The number of hydrogen-bond donors (Lipinski definition) is 1. The highest BCUT2D eigenvalue weighted by Gasteiger charge is 2.39. The van der Waals surface area contributed by atoms with Crippen LogP contribution in [0.1, 0.15) is 23.1 Å². The Kier molecular flexibility index (Phi) is 7.97. The van der Waals surface area contributed by atoms with Gasteiger partial charge in [0.1, 0.15) is 6.07 Å². The number of carbonyl (C=O) groups excluding carboxylic acids is 1. The Labute approximate surface area is 222 Å². The van der Waals surface area contributed by atoms with Crippen molar-refractivity contribution in [2.24, 2.45) is 0 Å². The molecule has 0 unspecified atom stereocenters. The molecule has 3 aromatic rings. The lowest BCUT2D eigenvalue weighted by atomic mass is 10.1. The Morgan fingerprint density at radius 1 is 0.947 bits per heavy atom. The third-order valence-corrected chi connectivity index (χ3v) is 7.49. The first-order valence-corrected chi connectivity index (χ1v) is 13.0. The Morgan fingerprint density at radius 2 is 1.68 bits per heavy atom. The number of nitriles is 1. The monoisotopic (exact) mass is 515 g/mol. The number of hydrogen-bond acceptors (Lipinski definition) is 5. The fraction of sp³-hybridized carbons (Fsp3) is 0.333. The third kappa shape index (κ3) is 5.69. The number of nitrogens with zero attached hydrogens (tertiary/aromatic N) is 4. The van der Waals surface area contributed by atoms with Gasteiger partial charge in [0.15, 0.2) is 11.6 Å². The van der Waals surface area contributed by atoms with Crippen molar-refractivity contribution in [1.29, 1.82) is 5.26 Å². The topological polar surface area (TPSA) is 62.6 Å². The molecule has 2 aliphatic rings. The number of nitrogens with one attached hydrogen (secondary N) is 1. The molecular weight excluding hydrogens is 484 g/mol.